The van der Waals surface area contributed by atoms with Gasteiger partial charge in [-0.05, 0) is 36.6 Å². The fourth-order valence-electron chi connectivity index (χ4n) is 2.36. The van der Waals surface area contributed by atoms with Gasteiger partial charge >= 0.3 is 0 Å². The zero-order chi connectivity index (χ0) is 14.7. The number of nitrogens with one attached hydrogen (secondary N) is 2. The number of aromatic amines is 1. The topological polar surface area (TPSA) is 66.5 Å². The van der Waals surface area contributed by atoms with Crippen LogP contribution in [0, 0.1) is 0 Å². The van der Waals surface area contributed by atoms with E-state index in [4.69, 9.17) is 0 Å². The van der Waals surface area contributed by atoms with Gasteiger partial charge in [0.25, 0.3) is 0 Å². The monoisotopic (exact) mass is 281 g/mol. The summed E-state index contributed by atoms with van der Waals surface area (Å²) in [5.41, 5.74) is 4.49. The molecular weight excluding hydrogens is 262 g/mol. The minimum absolute atomic E-state index is 0.670. The Morgan fingerprint density at radius 1 is 1.14 bits per heavy atom. The molecule has 1 aromatic carbocycles. The maximum atomic E-state index is 4.53. The van der Waals surface area contributed by atoms with Gasteiger partial charge in [0.05, 0.1) is 11.0 Å². The molecule has 21 heavy (non-hydrogen) atoms. The van der Waals surface area contributed by atoms with Gasteiger partial charge in [-0.1, -0.05) is 13.0 Å². The molecule has 2 aromatic heterocycles. The predicted molar refractivity (Wildman–Crippen MR) is 84.5 cm³/mol. The summed E-state index contributed by atoms with van der Waals surface area (Å²) in [5, 5.41) is 2.96. The second kappa shape index (κ2) is 5.91. The van der Waals surface area contributed by atoms with E-state index >= 15 is 0 Å². The molecule has 0 fully saturated rings. The highest BCUT2D eigenvalue weighted by atomic mass is 15.1. The minimum atomic E-state index is 0.670. The second-order valence-electron chi connectivity index (χ2n) is 5.01. The highest BCUT2D eigenvalue weighted by molar-refractivity contribution is 5.75. The van der Waals surface area contributed by atoms with E-state index < -0.39 is 0 Å². The molecule has 0 saturated carbocycles. The van der Waals surface area contributed by atoms with Gasteiger partial charge in [-0.15, -0.1) is 0 Å². The quantitative estimate of drug-likeness (QED) is 0.754. The van der Waals surface area contributed by atoms with Gasteiger partial charge in [0.15, 0.2) is 0 Å². The van der Waals surface area contributed by atoms with Crippen LogP contribution in [0.5, 0.6) is 0 Å². The van der Waals surface area contributed by atoms with Crippen molar-refractivity contribution in [2.24, 2.45) is 0 Å². The van der Waals surface area contributed by atoms with Crippen LogP contribution in [0.2, 0.25) is 0 Å². The van der Waals surface area contributed by atoms with E-state index in [9.17, 15) is 0 Å². The van der Waals surface area contributed by atoms with Crippen LogP contribution in [0.1, 0.15) is 24.0 Å². The molecule has 0 amide bonds. The molecule has 0 spiro atoms. The van der Waals surface area contributed by atoms with Gasteiger partial charge in [-0.2, -0.15) is 0 Å². The number of rotatable bonds is 5. The van der Waals surface area contributed by atoms with Crippen LogP contribution in [0.4, 0.5) is 5.95 Å². The van der Waals surface area contributed by atoms with E-state index in [-0.39, 0.29) is 0 Å². The Kier molecular flexibility index (Phi) is 3.81. The molecule has 5 heteroatoms. The lowest BCUT2D eigenvalue weighted by Crippen LogP contribution is -2.00. The van der Waals surface area contributed by atoms with Gasteiger partial charge in [0, 0.05) is 25.4 Å². The zero-order valence-corrected chi connectivity index (χ0v) is 12.3. The van der Waals surface area contributed by atoms with Crippen LogP contribution in [0.3, 0.4) is 0 Å². The van der Waals surface area contributed by atoms with Crippen molar-refractivity contribution in [3.63, 3.8) is 0 Å². The fraction of sp³-hybridized carbons (Fsp3) is 0.312. The first-order valence-corrected chi connectivity index (χ1v) is 7.25. The number of imidazole rings is 1. The molecule has 2 N–H and O–H groups in total. The molecule has 0 atom stereocenters. The Hall–Kier alpha value is -2.43. The number of H-pyrrole nitrogens is 1. The Balaban J connectivity index is 1.75. The van der Waals surface area contributed by atoms with Crippen molar-refractivity contribution < 1.29 is 0 Å². The summed E-state index contributed by atoms with van der Waals surface area (Å²) in [6.45, 7) is 2.10. The summed E-state index contributed by atoms with van der Waals surface area (Å²) in [6, 6.07) is 8.37. The number of anilines is 1. The molecule has 0 unspecified atom stereocenters. The van der Waals surface area contributed by atoms with E-state index in [0.717, 1.165) is 41.8 Å². The molecule has 0 aliphatic carbocycles. The van der Waals surface area contributed by atoms with Crippen LogP contribution < -0.4 is 5.32 Å². The van der Waals surface area contributed by atoms with Crippen molar-refractivity contribution in [2.45, 2.75) is 26.2 Å². The SMILES string of the molecule is CCc1nc2ccc(CCc3ccnc(NC)n3)cc2[nH]1. The van der Waals surface area contributed by atoms with Crippen molar-refractivity contribution in [1.82, 2.24) is 19.9 Å². The lowest BCUT2D eigenvalue weighted by Gasteiger charge is -2.03. The maximum absolute atomic E-state index is 4.53. The van der Waals surface area contributed by atoms with Crippen molar-refractivity contribution >= 4 is 17.0 Å². The summed E-state index contributed by atoms with van der Waals surface area (Å²) < 4.78 is 0. The normalized spacial score (nSPS) is 11.0. The molecule has 0 saturated heterocycles. The largest absolute Gasteiger partial charge is 0.357 e. The van der Waals surface area contributed by atoms with E-state index in [0.29, 0.717) is 5.95 Å². The van der Waals surface area contributed by atoms with Crippen LogP contribution >= 0.6 is 0 Å². The van der Waals surface area contributed by atoms with Crippen molar-refractivity contribution in [2.75, 3.05) is 12.4 Å². The van der Waals surface area contributed by atoms with Gasteiger partial charge in [-0.3, -0.25) is 0 Å². The number of hydrogen-bond acceptors (Lipinski definition) is 4. The molecule has 0 aliphatic heterocycles. The average molecular weight is 281 g/mol. The first-order valence-electron chi connectivity index (χ1n) is 7.25. The van der Waals surface area contributed by atoms with E-state index in [1.54, 1.807) is 6.20 Å². The molecule has 0 bridgehead atoms. The van der Waals surface area contributed by atoms with Gasteiger partial charge < -0.3 is 10.3 Å². The number of hydrogen-bond donors (Lipinski definition) is 2. The molecule has 108 valence electrons. The first kappa shape index (κ1) is 13.5. The first-order chi connectivity index (χ1) is 10.3. The second-order valence-corrected chi connectivity index (χ2v) is 5.01. The molecule has 3 rings (SSSR count). The molecule has 2 heterocycles. The van der Waals surface area contributed by atoms with E-state index in [1.165, 1.54) is 5.56 Å². The summed E-state index contributed by atoms with van der Waals surface area (Å²) in [5.74, 6) is 1.71. The Labute approximate surface area is 123 Å². The average Bonchev–Trinajstić information content (AvgIpc) is 2.95. The van der Waals surface area contributed by atoms with Crippen LogP contribution in [0.25, 0.3) is 11.0 Å². The molecule has 3 aromatic rings. The highest BCUT2D eigenvalue weighted by Gasteiger charge is 2.04. The van der Waals surface area contributed by atoms with Crippen LogP contribution in [-0.4, -0.2) is 27.0 Å². The number of aromatic nitrogens is 4. The third-order valence-electron chi connectivity index (χ3n) is 3.54. The fourth-order valence-corrected chi connectivity index (χ4v) is 2.36. The van der Waals surface area contributed by atoms with Crippen LogP contribution in [0.15, 0.2) is 30.5 Å². The Morgan fingerprint density at radius 2 is 2.05 bits per heavy atom. The van der Waals surface area contributed by atoms with Gasteiger partial charge in [-0.25, -0.2) is 15.0 Å². The molecule has 0 aliphatic rings. The Bertz CT molecular complexity index is 747. The summed E-state index contributed by atoms with van der Waals surface area (Å²) in [7, 11) is 1.83. The van der Waals surface area contributed by atoms with Crippen molar-refractivity contribution in [3.05, 3.63) is 47.5 Å². The number of nitrogens with zero attached hydrogens (tertiary/aromatic N) is 3. The van der Waals surface area contributed by atoms with Crippen molar-refractivity contribution in [1.29, 1.82) is 0 Å². The van der Waals surface area contributed by atoms with E-state index in [2.05, 4.69) is 50.4 Å². The summed E-state index contributed by atoms with van der Waals surface area (Å²) in [4.78, 5) is 16.5. The maximum Gasteiger partial charge on any atom is 0.222 e. The molecule has 5 nitrogen and oxygen atoms in total. The smallest absolute Gasteiger partial charge is 0.222 e. The summed E-state index contributed by atoms with van der Waals surface area (Å²) in [6.07, 6.45) is 4.57. The number of benzene rings is 1. The predicted octanol–water partition coefficient (Wildman–Crippen LogP) is 2.74. The van der Waals surface area contributed by atoms with E-state index in [1.807, 2.05) is 13.1 Å². The summed E-state index contributed by atoms with van der Waals surface area (Å²) >= 11 is 0. The Morgan fingerprint density at radius 3 is 2.86 bits per heavy atom. The number of aryl methyl sites for hydroxylation is 3. The van der Waals surface area contributed by atoms with Crippen molar-refractivity contribution in [3.8, 4) is 0 Å². The minimum Gasteiger partial charge on any atom is -0.357 e. The third kappa shape index (κ3) is 3.02. The van der Waals surface area contributed by atoms with Gasteiger partial charge in [0.2, 0.25) is 5.95 Å². The standard InChI is InChI=1S/C16H19N5/c1-3-15-20-13-7-5-11(10-14(13)21-15)4-6-12-8-9-18-16(17-2)19-12/h5,7-10H,3-4,6H2,1-2H3,(H,20,21)(H,17,18,19). The highest BCUT2D eigenvalue weighted by Crippen LogP contribution is 2.15. The lowest BCUT2D eigenvalue weighted by atomic mass is 10.1. The third-order valence-corrected chi connectivity index (χ3v) is 3.54. The lowest BCUT2D eigenvalue weighted by molar-refractivity contribution is 0.903. The number of fused-ring (bicyclic) bond motifs is 1. The van der Waals surface area contributed by atoms with Gasteiger partial charge in [0.1, 0.15) is 5.82 Å². The zero-order valence-electron chi connectivity index (χ0n) is 12.3. The van der Waals surface area contributed by atoms with Crippen LogP contribution in [-0.2, 0) is 19.3 Å². The molecule has 0 radical (unpaired) electrons. The molecular formula is C16H19N5.